The molecule has 0 saturated heterocycles. The molecule has 1 heterocycles. The highest BCUT2D eigenvalue weighted by Crippen LogP contribution is 2.22. The monoisotopic (exact) mass is 250 g/mol. The van der Waals surface area contributed by atoms with Crippen molar-refractivity contribution in [1.29, 1.82) is 0 Å². The lowest BCUT2D eigenvalue weighted by Gasteiger charge is -2.34. The summed E-state index contributed by atoms with van der Waals surface area (Å²) in [6.45, 7) is 2.92. The number of nitrogens with two attached hydrogens (primary N) is 1. The minimum atomic E-state index is 0.763. The highest BCUT2D eigenvalue weighted by molar-refractivity contribution is 5.04. The molecule has 2 N–H and O–H groups in total. The summed E-state index contributed by atoms with van der Waals surface area (Å²) in [4.78, 5) is 2.59. The fourth-order valence-corrected chi connectivity index (χ4v) is 2.96. The molecule has 0 unspecified atom stereocenters. The first kappa shape index (κ1) is 13.6. The Labute approximate surface area is 110 Å². The second kappa shape index (κ2) is 6.90. The Hall–Kier alpha value is -0.870. The molecule has 1 fully saturated rings. The van der Waals surface area contributed by atoms with E-state index in [0.29, 0.717) is 0 Å². The van der Waals surface area contributed by atoms with Gasteiger partial charge in [-0.2, -0.15) is 5.10 Å². The van der Waals surface area contributed by atoms with Crippen LogP contribution in [0.25, 0.3) is 0 Å². The van der Waals surface area contributed by atoms with Crippen LogP contribution in [-0.2, 0) is 13.5 Å². The maximum atomic E-state index is 5.75. The zero-order valence-corrected chi connectivity index (χ0v) is 11.5. The number of nitrogens with zero attached hydrogens (tertiary/aromatic N) is 3. The van der Waals surface area contributed by atoms with E-state index in [9.17, 15) is 0 Å². The van der Waals surface area contributed by atoms with E-state index in [2.05, 4.69) is 16.2 Å². The number of aromatic nitrogens is 2. The van der Waals surface area contributed by atoms with Crippen molar-refractivity contribution in [1.82, 2.24) is 14.7 Å². The summed E-state index contributed by atoms with van der Waals surface area (Å²) in [7, 11) is 1.97. The van der Waals surface area contributed by atoms with E-state index < -0.39 is 0 Å². The Kier molecular flexibility index (Phi) is 5.20. The van der Waals surface area contributed by atoms with Gasteiger partial charge in [0.25, 0.3) is 0 Å². The van der Waals surface area contributed by atoms with Crippen LogP contribution in [0.5, 0.6) is 0 Å². The van der Waals surface area contributed by atoms with E-state index in [0.717, 1.165) is 32.1 Å². The molecular formula is C14H26N4. The zero-order chi connectivity index (χ0) is 12.8. The van der Waals surface area contributed by atoms with Crippen LogP contribution in [0.4, 0.5) is 0 Å². The molecule has 0 aliphatic heterocycles. The lowest BCUT2D eigenvalue weighted by Crippen LogP contribution is -2.41. The second-order valence-electron chi connectivity index (χ2n) is 5.39. The Morgan fingerprint density at radius 3 is 2.72 bits per heavy atom. The van der Waals surface area contributed by atoms with Gasteiger partial charge in [-0.05, 0) is 24.8 Å². The smallest absolute Gasteiger partial charge is 0.0522 e. The van der Waals surface area contributed by atoms with Gasteiger partial charge in [-0.25, -0.2) is 0 Å². The molecule has 0 amide bonds. The molecule has 102 valence electrons. The molecule has 2 rings (SSSR count). The van der Waals surface area contributed by atoms with Crippen molar-refractivity contribution in [2.24, 2.45) is 12.8 Å². The van der Waals surface area contributed by atoms with Gasteiger partial charge in [0.15, 0.2) is 0 Å². The molecule has 1 aromatic rings. The number of aryl methyl sites for hydroxylation is 1. The molecule has 1 saturated carbocycles. The first-order chi connectivity index (χ1) is 8.79. The van der Waals surface area contributed by atoms with E-state index in [4.69, 9.17) is 5.73 Å². The van der Waals surface area contributed by atoms with Gasteiger partial charge in [-0.3, -0.25) is 9.58 Å². The SMILES string of the molecule is Cn1cc(CCN(CCN)C2CCCCC2)cn1. The molecule has 4 nitrogen and oxygen atoms in total. The van der Waals surface area contributed by atoms with E-state index in [1.165, 1.54) is 37.7 Å². The average Bonchev–Trinajstić information content (AvgIpc) is 2.81. The minimum Gasteiger partial charge on any atom is -0.329 e. The highest BCUT2D eigenvalue weighted by atomic mass is 15.2. The first-order valence-corrected chi connectivity index (χ1v) is 7.21. The Bertz CT molecular complexity index is 341. The lowest BCUT2D eigenvalue weighted by atomic mass is 9.94. The Morgan fingerprint density at radius 2 is 2.11 bits per heavy atom. The quantitative estimate of drug-likeness (QED) is 0.833. The molecule has 0 bridgehead atoms. The molecule has 1 aliphatic carbocycles. The van der Waals surface area contributed by atoms with Crippen LogP contribution in [0, 0.1) is 0 Å². The average molecular weight is 250 g/mol. The van der Waals surface area contributed by atoms with Gasteiger partial charge in [0.05, 0.1) is 6.20 Å². The summed E-state index contributed by atoms with van der Waals surface area (Å²) in [6.07, 6.45) is 12.1. The van der Waals surface area contributed by atoms with Gasteiger partial charge < -0.3 is 5.73 Å². The summed E-state index contributed by atoms with van der Waals surface area (Å²) in [5.74, 6) is 0. The predicted octanol–water partition coefficient (Wildman–Crippen LogP) is 1.56. The summed E-state index contributed by atoms with van der Waals surface area (Å²) in [5.41, 5.74) is 7.08. The van der Waals surface area contributed by atoms with Crippen molar-refractivity contribution in [3.05, 3.63) is 18.0 Å². The third-order valence-electron chi connectivity index (χ3n) is 3.95. The predicted molar refractivity (Wildman–Crippen MR) is 74.4 cm³/mol. The van der Waals surface area contributed by atoms with E-state index in [1.54, 1.807) is 0 Å². The second-order valence-corrected chi connectivity index (χ2v) is 5.39. The van der Waals surface area contributed by atoms with Crippen LogP contribution in [-0.4, -0.2) is 40.4 Å². The highest BCUT2D eigenvalue weighted by Gasteiger charge is 2.20. The molecule has 4 heteroatoms. The zero-order valence-electron chi connectivity index (χ0n) is 11.5. The topological polar surface area (TPSA) is 47.1 Å². The molecule has 0 aromatic carbocycles. The van der Waals surface area contributed by atoms with Gasteiger partial charge >= 0.3 is 0 Å². The normalized spacial score (nSPS) is 17.5. The molecular weight excluding hydrogens is 224 g/mol. The van der Waals surface area contributed by atoms with Crippen LogP contribution in [0.15, 0.2) is 12.4 Å². The van der Waals surface area contributed by atoms with Crippen LogP contribution in [0.2, 0.25) is 0 Å². The van der Waals surface area contributed by atoms with Gasteiger partial charge in [0.1, 0.15) is 0 Å². The van der Waals surface area contributed by atoms with Crippen molar-refractivity contribution in [2.45, 2.75) is 44.6 Å². The maximum absolute atomic E-state index is 5.75. The van der Waals surface area contributed by atoms with E-state index >= 15 is 0 Å². The minimum absolute atomic E-state index is 0.763. The van der Waals surface area contributed by atoms with Crippen LogP contribution in [0.1, 0.15) is 37.7 Å². The molecule has 0 atom stereocenters. The molecule has 0 spiro atoms. The van der Waals surface area contributed by atoms with Gasteiger partial charge in [-0.15, -0.1) is 0 Å². The largest absolute Gasteiger partial charge is 0.329 e. The standard InChI is InChI=1S/C14H26N4/c1-17-12-13(11-16-17)7-9-18(10-8-15)14-5-3-2-4-6-14/h11-12,14H,2-10,15H2,1H3. The van der Waals surface area contributed by atoms with E-state index in [1.807, 2.05) is 17.9 Å². The fraction of sp³-hybridized carbons (Fsp3) is 0.786. The van der Waals surface area contributed by atoms with Crippen molar-refractivity contribution >= 4 is 0 Å². The summed E-state index contributed by atoms with van der Waals surface area (Å²) in [6, 6.07) is 0.763. The number of hydrogen-bond acceptors (Lipinski definition) is 3. The van der Waals surface area contributed by atoms with Crippen LogP contribution < -0.4 is 5.73 Å². The number of hydrogen-bond donors (Lipinski definition) is 1. The fourth-order valence-electron chi connectivity index (χ4n) is 2.96. The Morgan fingerprint density at radius 1 is 1.33 bits per heavy atom. The van der Waals surface area contributed by atoms with Crippen molar-refractivity contribution in [3.8, 4) is 0 Å². The molecule has 1 aromatic heterocycles. The third kappa shape index (κ3) is 3.82. The first-order valence-electron chi connectivity index (χ1n) is 7.21. The van der Waals surface area contributed by atoms with Crippen LogP contribution >= 0.6 is 0 Å². The maximum Gasteiger partial charge on any atom is 0.0522 e. The summed E-state index contributed by atoms with van der Waals surface area (Å²) >= 11 is 0. The van der Waals surface area contributed by atoms with Gasteiger partial charge in [0, 0.05) is 38.9 Å². The Balaban J connectivity index is 1.85. The molecule has 1 aliphatic rings. The van der Waals surface area contributed by atoms with Crippen LogP contribution in [0.3, 0.4) is 0 Å². The summed E-state index contributed by atoms with van der Waals surface area (Å²) in [5, 5.41) is 4.23. The van der Waals surface area contributed by atoms with Gasteiger partial charge in [-0.1, -0.05) is 19.3 Å². The lowest BCUT2D eigenvalue weighted by molar-refractivity contribution is 0.162. The van der Waals surface area contributed by atoms with Crippen molar-refractivity contribution in [3.63, 3.8) is 0 Å². The van der Waals surface area contributed by atoms with Crippen molar-refractivity contribution < 1.29 is 0 Å². The summed E-state index contributed by atoms with van der Waals surface area (Å²) < 4.78 is 1.88. The third-order valence-corrected chi connectivity index (χ3v) is 3.95. The van der Waals surface area contributed by atoms with E-state index in [-0.39, 0.29) is 0 Å². The molecule has 0 radical (unpaired) electrons. The molecule has 18 heavy (non-hydrogen) atoms. The van der Waals surface area contributed by atoms with Crippen molar-refractivity contribution in [2.75, 3.05) is 19.6 Å². The number of rotatable bonds is 6. The van der Waals surface area contributed by atoms with Gasteiger partial charge in [0.2, 0.25) is 0 Å².